The number of hydrogen-bond acceptors (Lipinski definition) is 4. The number of carbonyl (C=O) groups is 3. The summed E-state index contributed by atoms with van der Waals surface area (Å²) in [4.78, 5) is 38.6. The van der Waals surface area contributed by atoms with Crippen molar-refractivity contribution in [2.24, 2.45) is 23.7 Å². The molecule has 0 N–H and O–H groups in total. The van der Waals surface area contributed by atoms with Crippen LogP contribution in [0.15, 0.2) is 36.4 Å². The monoisotopic (exact) mass is 297 g/mol. The zero-order valence-corrected chi connectivity index (χ0v) is 12.1. The van der Waals surface area contributed by atoms with Crippen molar-refractivity contribution in [1.29, 1.82) is 0 Å². The molecule has 1 aromatic carbocycles. The number of fused-ring (bicyclic) bond motifs is 5. The summed E-state index contributed by atoms with van der Waals surface area (Å²) in [5, 5.41) is 0. The Bertz CT molecular complexity index is 693. The lowest BCUT2D eigenvalue weighted by atomic mass is 9.85. The second kappa shape index (κ2) is 4.53. The lowest BCUT2D eigenvalue weighted by Crippen LogP contribution is -2.34. The summed E-state index contributed by atoms with van der Waals surface area (Å²) < 4.78 is 4.76. The smallest absolute Gasteiger partial charge is 0.339 e. The number of para-hydroxylation sites is 1. The highest BCUT2D eigenvalue weighted by molar-refractivity contribution is 6.24. The van der Waals surface area contributed by atoms with Crippen molar-refractivity contribution in [2.75, 3.05) is 12.0 Å². The summed E-state index contributed by atoms with van der Waals surface area (Å²) in [6.45, 7) is 0. The van der Waals surface area contributed by atoms with Crippen LogP contribution >= 0.6 is 0 Å². The summed E-state index contributed by atoms with van der Waals surface area (Å²) in [7, 11) is 1.28. The van der Waals surface area contributed by atoms with E-state index in [-0.39, 0.29) is 41.0 Å². The second-order valence-electron chi connectivity index (χ2n) is 6.02. The molecule has 0 aromatic heterocycles. The SMILES string of the molecule is COC(=O)c1ccccc1N1C(=O)[C@@H]2[C@H](C1=O)[C@H]1C=C[C@@H]2C1. The molecule has 1 aromatic rings. The molecule has 0 unspecified atom stereocenters. The first-order valence-electron chi connectivity index (χ1n) is 7.37. The summed E-state index contributed by atoms with van der Waals surface area (Å²) in [5.41, 5.74) is 0.574. The van der Waals surface area contributed by atoms with Crippen molar-refractivity contribution in [3.63, 3.8) is 0 Å². The second-order valence-corrected chi connectivity index (χ2v) is 6.02. The maximum atomic E-state index is 12.8. The molecule has 1 aliphatic heterocycles. The van der Waals surface area contributed by atoms with E-state index in [1.165, 1.54) is 12.0 Å². The summed E-state index contributed by atoms with van der Waals surface area (Å²) >= 11 is 0. The molecule has 1 heterocycles. The van der Waals surface area contributed by atoms with Gasteiger partial charge in [0.05, 0.1) is 30.2 Å². The predicted octanol–water partition coefficient (Wildman–Crippen LogP) is 1.78. The minimum Gasteiger partial charge on any atom is -0.465 e. The van der Waals surface area contributed by atoms with E-state index in [4.69, 9.17) is 4.74 Å². The fourth-order valence-electron chi connectivity index (χ4n) is 4.09. The summed E-state index contributed by atoms with van der Waals surface area (Å²) in [6, 6.07) is 6.59. The molecule has 1 saturated heterocycles. The average molecular weight is 297 g/mol. The van der Waals surface area contributed by atoms with Gasteiger partial charge in [0.2, 0.25) is 11.8 Å². The van der Waals surface area contributed by atoms with Crippen LogP contribution in [0, 0.1) is 23.7 Å². The van der Waals surface area contributed by atoms with Crippen LogP contribution in [-0.2, 0) is 14.3 Å². The third-order valence-electron chi connectivity index (χ3n) is 5.02. The summed E-state index contributed by atoms with van der Waals surface area (Å²) in [6.07, 6.45) is 4.98. The molecule has 2 bridgehead atoms. The van der Waals surface area contributed by atoms with Crippen molar-refractivity contribution in [3.05, 3.63) is 42.0 Å². The third-order valence-corrected chi connectivity index (χ3v) is 5.02. The molecule has 0 radical (unpaired) electrons. The number of rotatable bonds is 2. The highest BCUT2D eigenvalue weighted by Gasteiger charge is 2.59. The molecule has 5 heteroatoms. The Hall–Kier alpha value is -2.43. The fourth-order valence-corrected chi connectivity index (χ4v) is 4.09. The Morgan fingerprint density at radius 2 is 1.68 bits per heavy atom. The Labute approximate surface area is 127 Å². The molecule has 2 aliphatic carbocycles. The normalized spacial score (nSPS) is 31.8. The van der Waals surface area contributed by atoms with Gasteiger partial charge in [0.25, 0.3) is 0 Å². The van der Waals surface area contributed by atoms with Crippen molar-refractivity contribution in [2.45, 2.75) is 6.42 Å². The molecule has 22 heavy (non-hydrogen) atoms. The average Bonchev–Trinajstić information content (AvgIpc) is 3.21. The van der Waals surface area contributed by atoms with E-state index in [1.807, 2.05) is 12.2 Å². The molecule has 0 spiro atoms. The van der Waals surface area contributed by atoms with Gasteiger partial charge in [0.1, 0.15) is 0 Å². The molecule has 112 valence electrons. The molecule has 4 atom stereocenters. The Morgan fingerprint density at radius 3 is 2.27 bits per heavy atom. The van der Waals surface area contributed by atoms with Crippen LogP contribution in [0.2, 0.25) is 0 Å². The van der Waals surface area contributed by atoms with E-state index < -0.39 is 5.97 Å². The molecule has 2 fully saturated rings. The number of amides is 2. The molecule has 1 saturated carbocycles. The van der Waals surface area contributed by atoms with E-state index in [1.54, 1.807) is 24.3 Å². The Kier molecular flexibility index (Phi) is 2.73. The van der Waals surface area contributed by atoms with Crippen LogP contribution in [0.5, 0.6) is 0 Å². The number of benzene rings is 1. The quantitative estimate of drug-likeness (QED) is 0.474. The largest absolute Gasteiger partial charge is 0.465 e. The van der Waals surface area contributed by atoms with Crippen LogP contribution in [0.4, 0.5) is 5.69 Å². The first-order chi connectivity index (χ1) is 10.6. The number of carbonyl (C=O) groups excluding carboxylic acids is 3. The topological polar surface area (TPSA) is 63.7 Å². The van der Waals surface area contributed by atoms with E-state index in [0.29, 0.717) is 5.69 Å². The fraction of sp³-hybridized carbons (Fsp3) is 0.353. The van der Waals surface area contributed by atoms with Crippen LogP contribution in [0.1, 0.15) is 16.8 Å². The predicted molar refractivity (Wildman–Crippen MR) is 78.0 cm³/mol. The molecule has 2 amide bonds. The van der Waals surface area contributed by atoms with E-state index >= 15 is 0 Å². The van der Waals surface area contributed by atoms with E-state index in [2.05, 4.69) is 0 Å². The highest BCUT2D eigenvalue weighted by atomic mass is 16.5. The van der Waals surface area contributed by atoms with Crippen molar-refractivity contribution < 1.29 is 19.1 Å². The first kappa shape index (κ1) is 13.2. The van der Waals surface area contributed by atoms with Crippen LogP contribution < -0.4 is 4.90 Å². The van der Waals surface area contributed by atoms with Crippen molar-refractivity contribution in [1.82, 2.24) is 0 Å². The van der Waals surface area contributed by atoms with Crippen LogP contribution in [0.3, 0.4) is 0 Å². The lowest BCUT2D eigenvalue weighted by molar-refractivity contribution is -0.123. The number of nitrogens with zero attached hydrogens (tertiary/aromatic N) is 1. The first-order valence-corrected chi connectivity index (χ1v) is 7.37. The zero-order chi connectivity index (χ0) is 15.4. The van der Waals surface area contributed by atoms with Gasteiger partial charge in [-0.3, -0.25) is 9.59 Å². The lowest BCUT2D eigenvalue weighted by Gasteiger charge is -2.19. The number of anilines is 1. The van der Waals surface area contributed by atoms with Crippen LogP contribution in [-0.4, -0.2) is 24.9 Å². The van der Waals surface area contributed by atoms with Gasteiger partial charge >= 0.3 is 5.97 Å². The van der Waals surface area contributed by atoms with Crippen molar-refractivity contribution >= 4 is 23.5 Å². The minimum atomic E-state index is -0.547. The Morgan fingerprint density at radius 1 is 1.09 bits per heavy atom. The van der Waals surface area contributed by atoms with E-state index in [9.17, 15) is 14.4 Å². The molecular formula is C17H15NO4. The number of allylic oxidation sites excluding steroid dienone is 2. The number of esters is 1. The van der Waals surface area contributed by atoms with Crippen molar-refractivity contribution in [3.8, 4) is 0 Å². The molecule has 3 aliphatic rings. The third kappa shape index (κ3) is 1.56. The standard InChI is InChI=1S/C17H15NO4/c1-22-17(21)11-4-2-3-5-12(11)18-15(19)13-9-6-7-10(8-9)14(13)16(18)20/h2-7,9-10,13-14H,8H2,1H3/t9-,10+,13+,14-. The van der Waals surface area contributed by atoms with Gasteiger partial charge in [-0.2, -0.15) is 0 Å². The molecule has 5 nitrogen and oxygen atoms in total. The molecule has 4 rings (SSSR count). The van der Waals surface area contributed by atoms with Gasteiger partial charge in [-0.15, -0.1) is 0 Å². The van der Waals surface area contributed by atoms with Gasteiger partial charge in [-0.1, -0.05) is 24.3 Å². The van der Waals surface area contributed by atoms with Gasteiger partial charge in [0.15, 0.2) is 0 Å². The van der Waals surface area contributed by atoms with Gasteiger partial charge in [-0.05, 0) is 30.4 Å². The van der Waals surface area contributed by atoms with Gasteiger partial charge < -0.3 is 4.74 Å². The van der Waals surface area contributed by atoms with Gasteiger partial charge in [-0.25, -0.2) is 9.69 Å². The van der Waals surface area contributed by atoms with Gasteiger partial charge in [0, 0.05) is 0 Å². The van der Waals surface area contributed by atoms with E-state index in [0.717, 1.165) is 6.42 Å². The van der Waals surface area contributed by atoms with Crippen LogP contribution in [0.25, 0.3) is 0 Å². The number of ether oxygens (including phenoxy) is 1. The minimum absolute atomic E-state index is 0.154. The Balaban J connectivity index is 1.78. The molecular weight excluding hydrogens is 282 g/mol. The maximum Gasteiger partial charge on any atom is 0.339 e. The number of hydrogen-bond donors (Lipinski definition) is 0. The zero-order valence-electron chi connectivity index (χ0n) is 12.1. The highest BCUT2D eigenvalue weighted by Crippen LogP contribution is 2.53. The summed E-state index contributed by atoms with van der Waals surface area (Å²) in [5.74, 6) is -1.16. The maximum absolute atomic E-state index is 12.8. The number of imide groups is 1. The number of methoxy groups -OCH3 is 1.